The molecule has 0 aliphatic carbocycles. The fourth-order valence-electron chi connectivity index (χ4n) is 2.70. The highest BCUT2D eigenvalue weighted by Gasteiger charge is 2.29. The lowest BCUT2D eigenvalue weighted by molar-refractivity contribution is 0.101. The SMILES string of the molecule is Cn1cc(S(=O)(=O)N2CCCC2)cc1C(=O)Nc1ccccc1. The fourth-order valence-corrected chi connectivity index (χ4v) is 4.28. The van der Waals surface area contributed by atoms with Crippen LogP contribution in [0.25, 0.3) is 0 Å². The van der Waals surface area contributed by atoms with Crippen LogP contribution in [-0.4, -0.2) is 36.3 Å². The molecule has 0 atom stereocenters. The van der Waals surface area contributed by atoms with Crippen molar-refractivity contribution in [2.45, 2.75) is 17.7 Å². The largest absolute Gasteiger partial charge is 0.345 e. The Balaban J connectivity index is 1.85. The summed E-state index contributed by atoms with van der Waals surface area (Å²) in [4.78, 5) is 12.5. The highest BCUT2D eigenvalue weighted by atomic mass is 32.2. The first-order chi connectivity index (χ1) is 11.0. The molecule has 2 aromatic rings. The highest BCUT2D eigenvalue weighted by Crippen LogP contribution is 2.23. The number of hydrogen-bond acceptors (Lipinski definition) is 3. The van der Waals surface area contributed by atoms with Gasteiger partial charge in [-0.25, -0.2) is 8.42 Å². The molecule has 0 bridgehead atoms. The number of rotatable bonds is 4. The molecule has 1 saturated heterocycles. The van der Waals surface area contributed by atoms with Crippen molar-refractivity contribution in [3.8, 4) is 0 Å². The summed E-state index contributed by atoms with van der Waals surface area (Å²) in [6, 6.07) is 10.5. The molecule has 1 aromatic heterocycles. The topological polar surface area (TPSA) is 71.4 Å². The summed E-state index contributed by atoms with van der Waals surface area (Å²) in [5.74, 6) is -0.332. The number of nitrogens with one attached hydrogen (secondary N) is 1. The molecule has 1 N–H and O–H groups in total. The maximum absolute atomic E-state index is 12.6. The summed E-state index contributed by atoms with van der Waals surface area (Å²) >= 11 is 0. The number of hydrogen-bond donors (Lipinski definition) is 1. The van der Waals surface area contributed by atoms with Crippen molar-refractivity contribution >= 4 is 21.6 Å². The van der Waals surface area contributed by atoms with E-state index in [4.69, 9.17) is 0 Å². The minimum Gasteiger partial charge on any atom is -0.345 e. The van der Waals surface area contributed by atoms with Crippen LogP contribution in [0.4, 0.5) is 5.69 Å². The summed E-state index contributed by atoms with van der Waals surface area (Å²) < 4.78 is 28.1. The minimum absolute atomic E-state index is 0.167. The molecule has 3 rings (SSSR count). The first kappa shape index (κ1) is 15.8. The van der Waals surface area contributed by atoms with Gasteiger partial charge in [-0.3, -0.25) is 4.79 Å². The average molecular weight is 333 g/mol. The molecule has 23 heavy (non-hydrogen) atoms. The minimum atomic E-state index is -3.51. The summed E-state index contributed by atoms with van der Waals surface area (Å²) in [6.45, 7) is 1.09. The Bertz CT molecular complexity index is 806. The van der Waals surface area contributed by atoms with Gasteiger partial charge in [0.25, 0.3) is 5.91 Å². The number of aromatic nitrogens is 1. The molecule has 6 nitrogen and oxygen atoms in total. The standard InChI is InChI=1S/C16H19N3O3S/c1-18-12-14(23(21,22)19-9-5-6-10-19)11-15(18)16(20)17-13-7-3-2-4-8-13/h2-4,7-8,11-12H,5-6,9-10H2,1H3,(H,17,20). The molecule has 122 valence electrons. The van der Waals surface area contributed by atoms with Crippen molar-refractivity contribution in [3.63, 3.8) is 0 Å². The molecule has 0 unspecified atom stereocenters. The van der Waals surface area contributed by atoms with E-state index in [2.05, 4.69) is 5.32 Å². The lowest BCUT2D eigenvalue weighted by Crippen LogP contribution is -2.27. The second kappa shape index (κ2) is 6.17. The number of nitrogens with zero attached hydrogens (tertiary/aromatic N) is 2. The number of amides is 1. The molecule has 1 fully saturated rings. The van der Waals surface area contributed by atoms with E-state index in [0.717, 1.165) is 12.8 Å². The van der Waals surface area contributed by atoms with Crippen LogP contribution in [0.1, 0.15) is 23.3 Å². The highest BCUT2D eigenvalue weighted by molar-refractivity contribution is 7.89. The average Bonchev–Trinajstić information content (AvgIpc) is 3.18. The Morgan fingerprint density at radius 1 is 1.13 bits per heavy atom. The predicted octanol–water partition coefficient (Wildman–Crippen LogP) is 2.06. The number of carbonyl (C=O) groups excluding carboxylic acids is 1. The number of aryl methyl sites for hydroxylation is 1. The van der Waals surface area contributed by atoms with E-state index in [1.807, 2.05) is 18.2 Å². The Morgan fingerprint density at radius 2 is 1.78 bits per heavy atom. The number of sulfonamides is 1. The van der Waals surface area contributed by atoms with Gasteiger partial charge in [0.2, 0.25) is 10.0 Å². The van der Waals surface area contributed by atoms with Crippen molar-refractivity contribution in [1.82, 2.24) is 8.87 Å². The van der Waals surface area contributed by atoms with E-state index in [9.17, 15) is 13.2 Å². The van der Waals surface area contributed by atoms with Gasteiger partial charge in [0.05, 0.1) is 0 Å². The number of benzene rings is 1. The third-order valence-electron chi connectivity index (χ3n) is 3.95. The van der Waals surface area contributed by atoms with Crippen molar-refractivity contribution in [3.05, 3.63) is 48.3 Å². The molecular weight excluding hydrogens is 314 g/mol. The molecule has 1 aliphatic rings. The molecule has 1 aromatic carbocycles. The summed E-state index contributed by atoms with van der Waals surface area (Å²) in [5, 5.41) is 2.77. The van der Waals surface area contributed by atoms with Crippen LogP contribution in [-0.2, 0) is 17.1 Å². The van der Waals surface area contributed by atoms with Crippen LogP contribution >= 0.6 is 0 Å². The molecule has 1 amide bonds. The monoisotopic (exact) mass is 333 g/mol. The Hall–Kier alpha value is -2.12. The summed E-state index contributed by atoms with van der Waals surface area (Å²) in [7, 11) is -1.84. The van der Waals surface area contributed by atoms with E-state index in [1.165, 1.54) is 16.6 Å². The summed E-state index contributed by atoms with van der Waals surface area (Å²) in [6.07, 6.45) is 3.26. The molecule has 1 aliphatic heterocycles. The lowest BCUT2D eigenvalue weighted by atomic mass is 10.3. The van der Waals surface area contributed by atoms with Gasteiger partial charge >= 0.3 is 0 Å². The van der Waals surface area contributed by atoms with Gasteiger partial charge in [0, 0.05) is 32.0 Å². The Kier molecular flexibility index (Phi) is 4.23. The van der Waals surface area contributed by atoms with Gasteiger partial charge < -0.3 is 9.88 Å². The summed E-state index contributed by atoms with van der Waals surface area (Å²) in [5.41, 5.74) is 0.981. The van der Waals surface area contributed by atoms with Crippen molar-refractivity contribution in [1.29, 1.82) is 0 Å². The fraction of sp³-hybridized carbons (Fsp3) is 0.312. The second-order valence-electron chi connectivity index (χ2n) is 5.60. The smallest absolute Gasteiger partial charge is 0.272 e. The molecule has 0 radical (unpaired) electrons. The molecule has 0 spiro atoms. The zero-order valence-electron chi connectivity index (χ0n) is 12.9. The number of para-hydroxylation sites is 1. The van der Waals surface area contributed by atoms with Crippen LogP contribution < -0.4 is 5.32 Å². The van der Waals surface area contributed by atoms with E-state index >= 15 is 0 Å². The maximum Gasteiger partial charge on any atom is 0.272 e. The van der Waals surface area contributed by atoms with E-state index in [0.29, 0.717) is 24.5 Å². The van der Waals surface area contributed by atoms with Crippen LogP contribution in [0, 0.1) is 0 Å². The van der Waals surface area contributed by atoms with E-state index in [1.54, 1.807) is 23.7 Å². The van der Waals surface area contributed by atoms with Gasteiger partial charge in [-0.05, 0) is 31.0 Å². The van der Waals surface area contributed by atoms with Crippen LogP contribution in [0.2, 0.25) is 0 Å². The van der Waals surface area contributed by atoms with Gasteiger partial charge in [0.15, 0.2) is 0 Å². The number of carbonyl (C=O) groups is 1. The van der Waals surface area contributed by atoms with Gasteiger partial charge in [-0.1, -0.05) is 18.2 Å². The van der Waals surface area contributed by atoms with Crippen molar-refractivity contribution in [2.24, 2.45) is 7.05 Å². The van der Waals surface area contributed by atoms with Gasteiger partial charge in [-0.2, -0.15) is 4.31 Å². The van der Waals surface area contributed by atoms with Gasteiger partial charge in [0.1, 0.15) is 10.6 Å². The predicted molar refractivity (Wildman–Crippen MR) is 87.8 cm³/mol. The van der Waals surface area contributed by atoms with Gasteiger partial charge in [-0.15, -0.1) is 0 Å². The Labute approximate surface area is 135 Å². The lowest BCUT2D eigenvalue weighted by Gasteiger charge is -2.13. The Morgan fingerprint density at radius 3 is 2.43 bits per heavy atom. The van der Waals surface area contributed by atoms with E-state index < -0.39 is 10.0 Å². The molecule has 7 heteroatoms. The second-order valence-corrected chi connectivity index (χ2v) is 7.54. The van der Waals surface area contributed by atoms with Crippen LogP contribution in [0.3, 0.4) is 0 Å². The first-order valence-electron chi connectivity index (χ1n) is 7.51. The maximum atomic E-state index is 12.6. The van der Waals surface area contributed by atoms with Crippen LogP contribution in [0.5, 0.6) is 0 Å². The van der Waals surface area contributed by atoms with Crippen molar-refractivity contribution < 1.29 is 13.2 Å². The molecule has 0 saturated carbocycles. The zero-order chi connectivity index (χ0) is 16.4. The third kappa shape index (κ3) is 3.16. The molecule has 2 heterocycles. The zero-order valence-corrected chi connectivity index (χ0v) is 13.7. The normalized spacial score (nSPS) is 15.7. The van der Waals surface area contributed by atoms with E-state index in [-0.39, 0.29) is 10.8 Å². The third-order valence-corrected chi connectivity index (χ3v) is 5.81. The van der Waals surface area contributed by atoms with Crippen LogP contribution in [0.15, 0.2) is 47.5 Å². The van der Waals surface area contributed by atoms with Crippen molar-refractivity contribution in [2.75, 3.05) is 18.4 Å². The quantitative estimate of drug-likeness (QED) is 0.931. The first-order valence-corrected chi connectivity index (χ1v) is 8.95. The molecular formula is C16H19N3O3S. The number of anilines is 1.